The summed E-state index contributed by atoms with van der Waals surface area (Å²) >= 11 is 0. The molecule has 5 nitrogen and oxygen atoms in total. The lowest BCUT2D eigenvalue weighted by Gasteiger charge is -2.28. The van der Waals surface area contributed by atoms with E-state index in [0.717, 1.165) is 17.8 Å². The molecule has 1 aliphatic rings. The Kier molecular flexibility index (Phi) is 5.34. The van der Waals surface area contributed by atoms with E-state index in [1.165, 1.54) is 24.1 Å². The van der Waals surface area contributed by atoms with E-state index in [1.807, 2.05) is 0 Å². The summed E-state index contributed by atoms with van der Waals surface area (Å²) in [4.78, 5) is 9.22. The fourth-order valence-corrected chi connectivity index (χ4v) is 4.77. The predicted molar refractivity (Wildman–Crippen MR) is 117 cm³/mol. The van der Waals surface area contributed by atoms with Crippen LogP contribution in [0.15, 0.2) is 12.5 Å². The van der Waals surface area contributed by atoms with Gasteiger partial charge in [0, 0.05) is 22.0 Å². The number of hydrogen-bond acceptors (Lipinski definition) is 3. The Morgan fingerprint density at radius 2 is 1.79 bits per heavy atom. The lowest BCUT2D eigenvalue weighted by atomic mass is 9.80. The minimum absolute atomic E-state index is 0.0872. The number of ether oxygens (including phenoxy) is 1. The Morgan fingerprint density at radius 3 is 2.28 bits per heavy atom. The minimum Gasteiger partial charge on any atom is -0.481 e. The van der Waals surface area contributed by atoms with Gasteiger partial charge in [-0.05, 0) is 47.5 Å². The number of rotatable bonds is 6. The Balaban J connectivity index is 2.13. The van der Waals surface area contributed by atoms with Crippen LogP contribution in [0.3, 0.4) is 0 Å². The fourth-order valence-electron chi connectivity index (χ4n) is 4.77. The summed E-state index contributed by atoms with van der Waals surface area (Å²) in [6.45, 7) is 21.4. The predicted octanol–water partition coefficient (Wildman–Crippen LogP) is 4.79. The van der Waals surface area contributed by atoms with Crippen molar-refractivity contribution in [2.45, 2.75) is 104 Å². The molecule has 1 fully saturated rings. The highest BCUT2D eigenvalue weighted by molar-refractivity contribution is 5.42. The summed E-state index contributed by atoms with van der Waals surface area (Å²) in [6.07, 6.45) is 6.32. The van der Waals surface area contributed by atoms with Gasteiger partial charge in [0.25, 0.3) is 0 Å². The largest absolute Gasteiger partial charge is 0.481 e. The van der Waals surface area contributed by atoms with Crippen LogP contribution in [0.4, 0.5) is 0 Å². The van der Waals surface area contributed by atoms with Crippen LogP contribution in [0.1, 0.15) is 96.8 Å². The summed E-state index contributed by atoms with van der Waals surface area (Å²) in [6, 6.07) is 0.378. The Labute approximate surface area is 176 Å². The molecule has 2 heterocycles. The molecule has 1 saturated carbocycles. The van der Waals surface area contributed by atoms with Crippen molar-refractivity contribution >= 4 is 0 Å². The first kappa shape index (κ1) is 21.8. The third-order valence-corrected chi connectivity index (χ3v) is 6.23. The first-order chi connectivity index (χ1) is 13.3. The van der Waals surface area contributed by atoms with Gasteiger partial charge in [0.1, 0.15) is 6.33 Å². The molecule has 0 N–H and O–H groups in total. The molecule has 2 aromatic heterocycles. The first-order valence-corrected chi connectivity index (χ1v) is 10.8. The quantitative estimate of drug-likeness (QED) is 0.656. The summed E-state index contributed by atoms with van der Waals surface area (Å²) in [5.41, 5.74) is 5.11. The van der Waals surface area contributed by atoms with E-state index in [-0.39, 0.29) is 16.2 Å². The van der Waals surface area contributed by atoms with Gasteiger partial charge in [-0.25, -0.2) is 9.97 Å². The third-order valence-electron chi connectivity index (χ3n) is 6.23. The smallest absolute Gasteiger partial charge is 0.220 e. The molecule has 0 amide bonds. The van der Waals surface area contributed by atoms with Crippen molar-refractivity contribution in [2.75, 3.05) is 7.11 Å². The molecule has 0 aromatic carbocycles. The zero-order chi connectivity index (χ0) is 21.8. The van der Waals surface area contributed by atoms with Gasteiger partial charge in [-0.3, -0.25) is 0 Å². The zero-order valence-corrected chi connectivity index (χ0v) is 20.1. The van der Waals surface area contributed by atoms with Gasteiger partial charge in [-0.15, -0.1) is 4.68 Å². The molecule has 0 spiro atoms. The summed E-state index contributed by atoms with van der Waals surface area (Å²) in [5.74, 6) is 0.712. The van der Waals surface area contributed by atoms with Crippen LogP contribution in [0.5, 0.6) is 5.88 Å². The average molecular weight is 400 g/mol. The van der Waals surface area contributed by atoms with E-state index < -0.39 is 0 Å². The van der Waals surface area contributed by atoms with Gasteiger partial charge in [-0.2, -0.15) is 4.68 Å². The van der Waals surface area contributed by atoms with E-state index in [9.17, 15) is 0 Å². The molecule has 0 bridgehead atoms. The molecular formula is C24H39N4O+. The third kappa shape index (κ3) is 3.93. The van der Waals surface area contributed by atoms with Crippen LogP contribution in [-0.2, 0) is 22.8 Å². The molecule has 2 aromatic rings. The van der Waals surface area contributed by atoms with E-state index in [0.29, 0.717) is 11.9 Å². The number of aryl methyl sites for hydroxylation is 1. The SMILES string of the molecule is COc1ncnc(C2(C)CC2)c1C(C)(C)C[n+]1cc(C)c(C(C)(C)C)n1C(C)C. The Bertz CT molecular complexity index is 898. The number of methoxy groups -OCH3 is 1. The second-order valence-corrected chi connectivity index (χ2v) is 11.0. The monoisotopic (exact) mass is 399 g/mol. The van der Waals surface area contributed by atoms with E-state index >= 15 is 0 Å². The van der Waals surface area contributed by atoms with Gasteiger partial charge in [-0.1, -0.05) is 27.7 Å². The molecule has 1 aliphatic carbocycles. The van der Waals surface area contributed by atoms with Gasteiger partial charge >= 0.3 is 0 Å². The second-order valence-electron chi connectivity index (χ2n) is 11.0. The molecule has 3 rings (SSSR count). The van der Waals surface area contributed by atoms with Gasteiger partial charge in [0.05, 0.1) is 30.0 Å². The number of nitrogens with zero attached hydrogens (tertiary/aromatic N) is 4. The van der Waals surface area contributed by atoms with Crippen LogP contribution in [0.2, 0.25) is 0 Å². The van der Waals surface area contributed by atoms with E-state index in [2.05, 4.69) is 82.9 Å². The molecule has 0 aliphatic heterocycles. The molecule has 160 valence electrons. The van der Waals surface area contributed by atoms with E-state index in [4.69, 9.17) is 9.72 Å². The highest BCUT2D eigenvalue weighted by Gasteiger charge is 2.47. The number of hydrogen-bond donors (Lipinski definition) is 0. The molecule has 5 heteroatoms. The highest BCUT2D eigenvalue weighted by atomic mass is 16.5. The van der Waals surface area contributed by atoms with Crippen LogP contribution >= 0.6 is 0 Å². The Morgan fingerprint density at radius 1 is 1.17 bits per heavy atom. The van der Waals surface area contributed by atoms with Gasteiger partial charge < -0.3 is 4.74 Å². The lowest BCUT2D eigenvalue weighted by molar-refractivity contribution is -0.784. The average Bonchev–Trinajstić information content (AvgIpc) is 3.26. The molecule has 0 unspecified atom stereocenters. The molecule has 29 heavy (non-hydrogen) atoms. The molecule has 0 saturated heterocycles. The maximum Gasteiger partial charge on any atom is 0.220 e. The van der Waals surface area contributed by atoms with Crippen LogP contribution in [0, 0.1) is 6.92 Å². The normalized spacial score (nSPS) is 16.4. The Hall–Kier alpha value is -1.91. The van der Waals surface area contributed by atoms with Crippen molar-refractivity contribution in [3.8, 4) is 5.88 Å². The van der Waals surface area contributed by atoms with Crippen LogP contribution < -0.4 is 9.42 Å². The van der Waals surface area contributed by atoms with Crippen molar-refractivity contribution in [1.29, 1.82) is 0 Å². The standard InChI is InChI=1S/C24H39N4O/c1-16(2)28-20(22(4,5)6)17(3)13-27(28)14-23(7,8)18-19(24(9)11-12-24)25-15-26-21(18)29-10/h13,15-16H,11-12,14H2,1-10H3/q+1. The summed E-state index contributed by atoms with van der Waals surface area (Å²) in [5, 5.41) is 0. The van der Waals surface area contributed by atoms with Crippen LogP contribution in [-0.4, -0.2) is 21.8 Å². The lowest BCUT2D eigenvalue weighted by Crippen LogP contribution is -2.51. The molecule has 0 atom stereocenters. The number of aromatic nitrogens is 4. The van der Waals surface area contributed by atoms with E-state index in [1.54, 1.807) is 13.4 Å². The maximum absolute atomic E-state index is 5.73. The van der Waals surface area contributed by atoms with Crippen molar-refractivity contribution in [3.63, 3.8) is 0 Å². The summed E-state index contributed by atoms with van der Waals surface area (Å²) in [7, 11) is 1.72. The summed E-state index contributed by atoms with van der Waals surface area (Å²) < 4.78 is 10.6. The molecular weight excluding hydrogens is 360 g/mol. The van der Waals surface area contributed by atoms with Crippen LogP contribution in [0.25, 0.3) is 0 Å². The highest BCUT2D eigenvalue weighted by Crippen LogP contribution is 2.51. The van der Waals surface area contributed by atoms with Gasteiger partial charge in [0.2, 0.25) is 5.88 Å². The van der Waals surface area contributed by atoms with Gasteiger partial charge in [0.15, 0.2) is 12.7 Å². The van der Waals surface area contributed by atoms with Crippen molar-refractivity contribution in [2.24, 2.45) is 0 Å². The fraction of sp³-hybridized carbons (Fsp3) is 0.708. The second kappa shape index (κ2) is 7.10. The maximum atomic E-state index is 5.73. The zero-order valence-electron chi connectivity index (χ0n) is 20.1. The minimum atomic E-state index is -0.176. The topological polar surface area (TPSA) is 43.8 Å². The first-order valence-electron chi connectivity index (χ1n) is 10.8. The van der Waals surface area contributed by atoms with Crippen molar-refractivity contribution in [1.82, 2.24) is 14.6 Å². The van der Waals surface area contributed by atoms with Crippen molar-refractivity contribution in [3.05, 3.63) is 35.0 Å². The molecule has 0 radical (unpaired) electrons. The van der Waals surface area contributed by atoms with Crippen molar-refractivity contribution < 1.29 is 9.42 Å².